The topological polar surface area (TPSA) is 85.4 Å². The predicted molar refractivity (Wildman–Crippen MR) is 101 cm³/mol. The molecule has 7 heteroatoms. The summed E-state index contributed by atoms with van der Waals surface area (Å²) in [4.78, 5) is 22.0. The summed E-state index contributed by atoms with van der Waals surface area (Å²) in [6.07, 6.45) is 3.86. The summed E-state index contributed by atoms with van der Waals surface area (Å²) in [6, 6.07) is 9.72. The molecule has 2 aliphatic heterocycles. The second-order valence-electron chi connectivity index (χ2n) is 7.23. The standard InChI is InChI=1S/C20H24N4O3/c1-20(18(25)21-11-16-8-5-9-27-16)13-26-12-14-10-22-19(24-17(14)20)23-15-6-3-2-4-7-15/h2-4,6-7,10,16H,5,8-9,11-13H2,1H3,(H,21,25)(H,22,23,24). The molecule has 7 nitrogen and oxygen atoms in total. The molecule has 1 aromatic heterocycles. The highest BCUT2D eigenvalue weighted by molar-refractivity contribution is 5.88. The molecule has 4 rings (SSSR count). The van der Waals surface area contributed by atoms with Gasteiger partial charge in [-0.3, -0.25) is 4.79 Å². The van der Waals surface area contributed by atoms with Gasteiger partial charge in [-0.2, -0.15) is 0 Å². The van der Waals surface area contributed by atoms with Crippen LogP contribution in [0.3, 0.4) is 0 Å². The van der Waals surface area contributed by atoms with E-state index in [1.807, 2.05) is 37.3 Å². The molecule has 2 unspecified atom stereocenters. The van der Waals surface area contributed by atoms with Gasteiger partial charge in [-0.25, -0.2) is 9.97 Å². The van der Waals surface area contributed by atoms with Gasteiger partial charge >= 0.3 is 0 Å². The van der Waals surface area contributed by atoms with Gasteiger partial charge in [0.05, 0.1) is 25.0 Å². The van der Waals surface area contributed by atoms with Crippen molar-refractivity contribution in [2.45, 2.75) is 37.9 Å². The first-order chi connectivity index (χ1) is 13.1. The van der Waals surface area contributed by atoms with E-state index in [2.05, 4.69) is 20.6 Å². The maximum Gasteiger partial charge on any atom is 0.234 e. The first-order valence-corrected chi connectivity index (χ1v) is 9.31. The van der Waals surface area contributed by atoms with Crippen molar-refractivity contribution in [3.8, 4) is 0 Å². The van der Waals surface area contributed by atoms with Crippen molar-refractivity contribution in [3.05, 3.63) is 47.8 Å². The first-order valence-electron chi connectivity index (χ1n) is 9.31. The first kappa shape index (κ1) is 17.9. The summed E-state index contributed by atoms with van der Waals surface area (Å²) < 4.78 is 11.3. The highest BCUT2D eigenvalue weighted by Gasteiger charge is 2.42. The fraction of sp³-hybridized carbons (Fsp3) is 0.450. The minimum atomic E-state index is -0.859. The van der Waals surface area contributed by atoms with E-state index in [9.17, 15) is 4.79 Å². The molecule has 0 saturated carbocycles. The zero-order chi connectivity index (χ0) is 18.7. The van der Waals surface area contributed by atoms with Crippen LogP contribution in [0.15, 0.2) is 36.5 Å². The molecule has 2 aliphatic rings. The summed E-state index contributed by atoms with van der Waals surface area (Å²) in [5.41, 5.74) is 1.60. The van der Waals surface area contributed by atoms with Crippen LogP contribution in [0.1, 0.15) is 31.0 Å². The quantitative estimate of drug-likeness (QED) is 0.842. The highest BCUT2D eigenvalue weighted by Crippen LogP contribution is 2.32. The second-order valence-corrected chi connectivity index (χ2v) is 7.23. The number of nitrogens with one attached hydrogen (secondary N) is 2. The molecule has 2 aromatic rings. The number of fused-ring (bicyclic) bond motifs is 1. The Bertz CT molecular complexity index is 808. The van der Waals surface area contributed by atoms with Crippen LogP contribution >= 0.6 is 0 Å². The van der Waals surface area contributed by atoms with Crippen molar-refractivity contribution in [3.63, 3.8) is 0 Å². The molecule has 0 aliphatic carbocycles. The molecule has 1 fully saturated rings. The molecule has 2 atom stereocenters. The SMILES string of the molecule is CC1(C(=O)NCC2CCCO2)COCc2cnc(Nc3ccccc3)nc21. The lowest BCUT2D eigenvalue weighted by atomic mass is 9.82. The van der Waals surface area contributed by atoms with E-state index in [1.165, 1.54) is 0 Å². The average Bonchev–Trinajstić information content (AvgIpc) is 3.21. The van der Waals surface area contributed by atoms with Crippen molar-refractivity contribution in [1.82, 2.24) is 15.3 Å². The Hall–Kier alpha value is -2.51. The molecular formula is C20H24N4O3. The lowest BCUT2D eigenvalue weighted by Gasteiger charge is -2.33. The molecule has 1 saturated heterocycles. The zero-order valence-corrected chi connectivity index (χ0v) is 15.4. The lowest BCUT2D eigenvalue weighted by molar-refractivity contribution is -0.130. The largest absolute Gasteiger partial charge is 0.376 e. The zero-order valence-electron chi connectivity index (χ0n) is 15.4. The Balaban J connectivity index is 1.54. The third-order valence-electron chi connectivity index (χ3n) is 5.08. The van der Waals surface area contributed by atoms with Crippen molar-refractivity contribution in [1.29, 1.82) is 0 Å². The molecule has 142 valence electrons. The molecule has 0 spiro atoms. The monoisotopic (exact) mass is 368 g/mol. The maximum atomic E-state index is 13.0. The number of hydrogen-bond donors (Lipinski definition) is 2. The Labute approximate surface area is 158 Å². The fourth-order valence-electron chi connectivity index (χ4n) is 3.51. The van der Waals surface area contributed by atoms with Gasteiger partial charge in [0.15, 0.2) is 0 Å². The predicted octanol–water partition coefficient (Wildman–Crippen LogP) is 2.30. The number of anilines is 2. The Morgan fingerprint density at radius 3 is 2.96 bits per heavy atom. The molecule has 3 heterocycles. The smallest absolute Gasteiger partial charge is 0.234 e. The van der Waals surface area contributed by atoms with Gasteiger partial charge in [-0.05, 0) is 31.9 Å². The molecular weight excluding hydrogens is 344 g/mol. The maximum absolute atomic E-state index is 13.0. The lowest BCUT2D eigenvalue weighted by Crippen LogP contribution is -2.50. The number of nitrogens with zero attached hydrogens (tertiary/aromatic N) is 2. The Morgan fingerprint density at radius 2 is 2.19 bits per heavy atom. The number of carbonyl (C=O) groups is 1. The van der Waals surface area contributed by atoms with E-state index in [0.29, 0.717) is 31.4 Å². The van der Waals surface area contributed by atoms with E-state index in [0.717, 1.165) is 30.7 Å². The van der Waals surface area contributed by atoms with Crippen LogP contribution in [0.25, 0.3) is 0 Å². The fourth-order valence-corrected chi connectivity index (χ4v) is 3.51. The van der Waals surface area contributed by atoms with Gasteiger partial charge < -0.3 is 20.1 Å². The number of carbonyl (C=O) groups excluding carboxylic acids is 1. The van der Waals surface area contributed by atoms with Gasteiger partial charge in [0.1, 0.15) is 5.41 Å². The Kier molecular flexibility index (Phi) is 5.05. The number of para-hydroxylation sites is 1. The van der Waals surface area contributed by atoms with Crippen LogP contribution < -0.4 is 10.6 Å². The summed E-state index contributed by atoms with van der Waals surface area (Å²) in [5, 5.41) is 6.21. The number of amides is 1. The van der Waals surface area contributed by atoms with Gasteiger partial charge in [0, 0.05) is 30.6 Å². The van der Waals surface area contributed by atoms with Crippen LogP contribution in [0.2, 0.25) is 0 Å². The molecule has 0 bridgehead atoms. The van der Waals surface area contributed by atoms with Crippen LogP contribution in [0, 0.1) is 0 Å². The van der Waals surface area contributed by atoms with Gasteiger partial charge in [-0.15, -0.1) is 0 Å². The molecule has 27 heavy (non-hydrogen) atoms. The van der Waals surface area contributed by atoms with Crippen LogP contribution in [0.4, 0.5) is 11.6 Å². The normalized spacial score (nSPS) is 24.3. The minimum Gasteiger partial charge on any atom is -0.376 e. The second kappa shape index (κ2) is 7.62. The Morgan fingerprint density at radius 1 is 1.33 bits per heavy atom. The van der Waals surface area contributed by atoms with E-state index in [1.54, 1.807) is 6.20 Å². The molecule has 0 radical (unpaired) electrons. The van der Waals surface area contributed by atoms with E-state index in [4.69, 9.17) is 9.47 Å². The third kappa shape index (κ3) is 3.79. The van der Waals surface area contributed by atoms with Crippen LogP contribution in [0.5, 0.6) is 0 Å². The van der Waals surface area contributed by atoms with Crippen LogP contribution in [-0.4, -0.2) is 41.7 Å². The van der Waals surface area contributed by atoms with Crippen LogP contribution in [-0.2, 0) is 26.3 Å². The molecule has 2 N–H and O–H groups in total. The van der Waals surface area contributed by atoms with E-state index in [-0.39, 0.29) is 12.0 Å². The summed E-state index contributed by atoms with van der Waals surface area (Å²) >= 11 is 0. The van der Waals surface area contributed by atoms with Crippen molar-refractivity contribution >= 4 is 17.5 Å². The average molecular weight is 368 g/mol. The summed E-state index contributed by atoms with van der Waals surface area (Å²) in [6.45, 7) is 3.86. The number of benzene rings is 1. The highest BCUT2D eigenvalue weighted by atomic mass is 16.5. The number of aromatic nitrogens is 2. The van der Waals surface area contributed by atoms with E-state index < -0.39 is 5.41 Å². The van der Waals surface area contributed by atoms with Gasteiger partial charge in [0.2, 0.25) is 11.9 Å². The number of rotatable bonds is 5. The van der Waals surface area contributed by atoms with Crippen molar-refractivity contribution in [2.75, 3.05) is 25.1 Å². The molecule has 1 aromatic carbocycles. The van der Waals surface area contributed by atoms with Crippen molar-refractivity contribution in [2.24, 2.45) is 0 Å². The van der Waals surface area contributed by atoms with Crippen molar-refractivity contribution < 1.29 is 14.3 Å². The number of ether oxygens (including phenoxy) is 2. The number of hydrogen-bond acceptors (Lipinski definition) is 6. The summed E-state index contributed by atoms with van der Waals surface area (Å²) in [7, 11) is 0. The minimum absolute atomic E-state index is 0.0942. The summed E-state index contributed by atoms with van der Waals surface area (Å²) in [5.74, 6) is 0.378. The van der Waals surface area contributed by atoms with Gasteiger partial charge in [0.25, 0.3) is 0 Å². The third-order valence-corrected chi connectivity index (χ3v) is 5.08. The van der Waals surface area contributed by atoms with Gasteiger partial charge in [-0.1, -0.05) is 18.2 Å². The molecule has 1 amide bonds. The van der Waals surface area contributed by atoms with E-state index >= 15 is 0 Å².